The Bertz CT molecular complexity index is 3260. The molecule has 0 amide bonds. The van der Waals surface area contributed by atoms with Crippen LogP contribution in [0, 0.1) is 109 Å². The van der Waals surface area contributed by atoms with Crippen LogP contribution in [0.15, 0.2) is 185 Å². The molecule has 2 atom stereocenters. The SMILES string of the molecule is CCCCC(CC)COC(=O)c1cc(S)cc(C(=O)OCC(CC)CCCC)c1.Cc1cc(C)c(C)c(S)c1.Cc1cc(C)c(S)cc1C.Cc1ccc(C)c(S)c1C.Cc1ccc(S)cc1.Cc1ccc(S)cc1C.Cc1cccc(S)c1.Cc1ccccc1S. The molecule has 92 heavy (non-hydrogen) atoms. The Morgan fingerprint density at radius 2 is 0.826 bits per heavy atom. The molecule has 0 bridgehead atoms. The second kappa shape index (κ2) is 47.4. The summed E-state index contributed by atoms with van der Waals surface area (Å²) in [4.78, 5) is 33.0. The Balaban J connectivity index is 0.000000561. The van der Waals surface area contributed by atoms with E-state index >= 15 is 0 Å². The van der Waals surface area contributed by atoms with Crippen molar-refractivity contribution in [1.29, 1.82) is 0 Å². The average Bonchev–Trinajstić information content (AvgIpc) is 1.32. The maximum absolute atomic E-state index is 12.5. The Kier molecular flexibility index (Phi) is 44.1. The number of carbonyl (C=O) groups is 2. The highest BCUT2D eigenvalue weighted by Crippen LogP contribution is 2.24. The molecule has 500 valence electrons. The van der Waals surface area contributed by atoms with Gasteiger partial charge >= 0.3 is 11.9 Å². The lowest BCUT2D eigenvalue weighted by Gasteiger charge is -2.16. The molecule has 0 spiro atoms. The van der Waals surface area contributed by atoms with Gasteiger partial charge in [-0.3, -0.25) is 0 Å². The molecule has 12 heteroatoms. The van der Waals surface area contributed by atoms with E-state index in [4.69, 9.17) is 9.47 Å². The van der Waals surface area contributed by atoms with Crippen molar-refractivity contribution in [2.75, 3.05) is 13.2 Å². The summed E-state index contributed by atoms with van der Waals surface area (Å²) in [7, 11) is 0. The normalized spacial score (nSPS) is 10.7. The van der Waals surface area contributed by atoms with Gasteiger partial charge in [0.15, 0.2) is 0 Å². The summed E-state index contributed by atoms with van der Waals surface area (Å²) in [6, 6.07) is 47.9. The van der Waals surface area contributed by atoms with Gasteiger partial charge in [0.1, 0.15) is 0 Å². The molecule has 0 heterocycles. The van der Waals surface area contributed by atoms with Gasteiger partial charge in [-0.05, 0) is 261 Å². The molecule has 0 aliphatic heterocycles. The Morgan fingerprint density at radius 3 is 1.24 bits per heavy atom. The molecule has 0 aliphatic rings. The first kappa shape index (κ1) is 85.5. The maximum Gasteiger partial charge on any atom is 0.338 e. The largest absolute Gasteiger partial charge is 0.462 e. The average molecular weight is 1390 g/mol. The zero-order valence-electron chi connectivity index (χ0n) is 58.3. The number of ether oxygens (including phenoxy) is 2. The highest BCUT2D eigenvalue weighted by atomic mass is 32.1. The zero-order valence-corrected chi connectivity index (χ0v) is 65.4. The van der Waals surface area contributed by atoms with Crippen LogP contribution in [0.2, 0.25) is 0 Å². The molecule has 0 radical (unpaired) electrons. The van der Waals surface area contributed by atoms with Crippen LogP contribution in [-0.4, -0.2) is 25.2 Å². The molecule has 0 aliphatic carbocycles. The Hall–Kier alpha value is -4.50. The first-order chi connectivity index (χ1) is 43.4. The van der Waals surface area contributed by atoms with Crippen LogP contribution in [0.4, 0.5) is 0 Å². The molecule has 2 unspecified atom stereocenters. The third-order valence-corrected chi connectivity index (χ3v) is 18.8. The van der Waals surface area contributed by atoms with E-state index in [1.807, 2.05) is 79.7 Å². The third-order valence-electron chi connectivity index (χ3n) is 15.5. The number of rotatable bonds is 14. The molecule has 0 fully saturated rings. The van der Waals surface area contributed by atoms with E-state index in [-0.39, 0.29) is 0 Å². The fraction of sp³-hybridized carbons (Fsp3) is 0.375. The molecule has 0 N–H and O–H groups in total. The predicted octanol–water partition coefficient (Wildman–Crippen LogP) is 24.9. The van der Waals surface area contributed by atoms with Gasteiger partial charge in [-0.2, -0.15) is 0 Å². The van der Waals surface area contributed by atoms with Crippen LogP contribution in [0.3, 0.4) is 0 Å². The molecule has 0 saturated heterocycles. The fourth-order valence-electron chi connectivity index (χ4n) is 8.56. The molecule has 4 nitrogen and oxygen atoms in total. The summed E-state index contributed by atoms with van der Waals surface area (Å²) in [6.07, 6.45) is 8.61. The summed E-state index contributed by atoms with van der Waals surface area (Å²) < 4.78 is 11.0. The highest BCUT2D eigenvalue weighted by Gasteiger charge is 2.18. The van der Waals surface area contributed by atoms with Gasteiger partial charge in [-0.15, -0.1) is 101 Å². The van der Waals surface area contributed by atoms with Gasteiger partial charge in [0.25, 0.3) is 0 Å². The second-order valence-electron chi connectivity index (χ2n) is 23.6. The molecular formula is C80H108O4S8. The van der Waals surface area contributed by atoms with Gasteiger partial charge in [0.2, 0.25) is 0 Å². The van der Waals surface area contributed by atoms with E-state index in [1.54, 1.807) is 18.2 Å². The van der Waals surface area contributed by atoms with Crippen molar-refractivity contribution in [2.24, 2.45) is 11.8 Å². The summed E-state index contributed by atoms with van der Waals surface area (Å²) in [6.45, 7) is 38.6. The van der Waals surface area contributed by atoms with Crippen molar-refractivity contribution in [3.8, 4) is 0 Å². The summed E-state index contributed by atoms with van der Waals surface area (Å²) in [5.74, 6) is -0.0909. The Labute approximate surface area is 601 Å². The van der Waals surface area contributed by atoms with Crippen LogP contribution in [-0.2, 0) is 9.47 Å². The molecule has 0 aromatic heterocycles. The van der Waals surface area contributed by atoms with E-state index in [0.29, 0.717) is 41.1 Å². The van der Waals surface area contributed by atoms with Crippen molar-refractivity contribution in [1.82, 2.24) is 0 Å². The topological polar surface area (TPSA) is 52.6 Å². The molecular weight excluding hydrogens is 1280 g/mol. The van der Waals surface area contributed by atoms with Crippen molar-refractivity contribution in [2.45, 2.75) is 215 Å². The maximum atomic E-state index is 12.5. The number of unbranched alkanes of at least 4 members (excludes halogenated alkanes) is 2. The van der Waals surface area contributed by atoms with Crippen molar-refractivity contribution < 1.29 is 19.1 Å². The van der Waals surface area contributed by atoms with Crippen molar-refractivity contribution >= 4 is 113 Å². The number of thiol groups is 8. The predicted molar refractivity (Wildman–Crippen MR) is 423 cm³/mol. The zero-order chi connectivity index (χ0) is 69.6. The van der Waals surface area contributed by atoms with Crippen LogP contribution < -0.4 is 0 Å². The van der Waals surface area contributed by atoms with Crippen molar-refractivity contribution in [3.63, 3.8) is 0 Å². The Morgan fingerprint density at radius 1 is 0.337 bits per heavy atom. The van der Waals surface area contributed by atoms with E-state index in [0.717, 1.165) is 85.6 Å². The minimum absolute atomic E-state index is 0.341. The van der Waals surface area contributed by atoms with E-state index in [1.165, 1.54) is 77.9 Å². The van der Waals surface area contributed by atoms with Crippen LogP contribution in [0.5, 0.6) is 0 Å². The molecule has 0 saturated carbocycles. The molecule has 8 aromatic carbocycles. The number of esters is 2. The number of aryl methyl sites for hydroxylation is 12. The smallest absolute Gasteiger partial charge is 0.338 e. The van der Waals surface area contributed by atoms with Gasteiger partial charge in [0.05, 0.1) is 24.3 Å². The monoisotopic (exact) mass is 1390 g/mol. The summed E-state index contributed by atoms with van der Waals surface area (Å²) in [5.41, 5.74) is 18.8. The summed E-state index contributed by atoms with van der Waals surface area (Å²) >= 11 is 34.1. The lowest BCUT2D eigenvalue weighted by Crippen LogP contribution is -2.16. The van der Waals surface area contributed by atoms with E-state index < -0.39 is 11.9 Å². The standard InChI is InChI=1S/C24H38O4S.3C9H12S.C8H10S.3C7H8S/c1-5-9-11-18(7-3)16-27-23(25)20-13-21(15-22(29)14-20)24(26)28-17-19(8-4)12-10-6-2;1-6-4-8(3)9(10)5-7(6)2;1-6-4-7(2)8(3)9(10)5-6;1-6-4-5-7(2)9(10)8(6)3;1-6-3-4-8(9)5-7(6)2;1-6-2-4-7(8)5-3-6;1-6-3-2-4-7(8)5-6;1-6-4-2-3-5-7(6)8/h13-15,18-19,29H,5-12,16-17H2,1-4H3;3*4-5,10H,1-3H3;3-5,9H,1-2H3;3*2-5,8H,1H3. The van der Waals surface area contributed by atoms with Crippen molar-refractivity contribution in [3.05, 3.63) is 235 Å². The quantitative estimate of drug-likeness (QED) is 0.0413. The second-order valence-corrected chi connectivity index (χ2v) is 27.6. The molecule has 8 rings (SSSR count). The number of carbonyl (C=O) groups excluding carboxylic acids is 2. The first-order valence-corrected chi connectivity index (χ1v) is 35.4. The number of hydrogen-bond acceptors (Lipinski definition) is 12. The van der Waals surface area contributed by atoms with E-state index in [2.05, 4.69) is 273 Å². The van der Waals surface area contributed by atoms with Crippen LogP contribution >= 0.6 is 101 Å². The molecule has 8 aromatic rings. The van der Waals surface area contributed by atoms with E-state index in [9.17, 15) is 9.59 Å². The number of benzene rings is 8. The van der Waals surface area contributed by atoms with Crippen LogP contribution in [0.25, 0.3) is 0 Å². The summed E-state index contributed by atoms with van der Waals surface area (Å²) in [5, 5.41) is 0. The van der Waals surface area contributed by atoms with Gasteiger partial charge < -0.3 is 9.47 Å². The minimum atomic E-state index is -0.417. The number of hydrogen-bond donors (Lipinski definition) is 8. The lowest BCUT2D eigenvalue weighted by atomic mass is 10.0. The van der Waals surface area contributed by atoms with Gasteiger partial charge in [-0.25, -0.2) is 9.59 Å². The highest BCUT2D eigenvalue weighted by molar-refractivity contribution is 7.81. The van der Waals surface area contributed by atoms with Gasteiger partial charge in [-0.1, -0.05) is 150 Å². The van der Waals surface area contributed by atoms with Gasteiger partial charge in [0, 0.05) is 39.2 Å². The first-order valence-electron chi connectivity index (χ1n) is 31.9. The fourth-order valence-corrected chi connectivity index (χ4v) is 10.6. The minimum Gasteiger partial charge on any atom is -0.462 e. The van der Waals surface area contributed by atoms with Crippen LogP contribution in [0.1, 0.15) is 178 Å². The lowest BCUT2D eigenvalue weighted by molar-refractivity contribution is 0.0425. The third kappa shape index (κ3) is 35.8.